The van der Waals surface area contributed by atoms with Gasteiger partial charge in [-0.15, -0.1) is 0 Å². The van der Waals surface area contributed by atoms with Crippen LogP contribution in [0.5, 0.6) is 0 Å². The molecule has 0 aliphatic rings. The van der Waals surface area contributed by atoms with Crippen molar-refractivity contribution in [3.63, 3.8) is 0 Å². The molecule has 0 unspecified atom stereocenters. The van der Waals surface area contributed by atoms with Gasteiger partial charge in [-0.1, -0.05) is 141 Å². The minimum absolute atomic E-state index is 0.0176. The highest BCUT2D eigenvalue weighted by molar-refractivity contribution is 9.10. The van der Waals surface area contributed by atoms with Crippen molar-refractivity contribution in [1.82, 2.24) is 21.8 Å². The van der Waals surface area contributed by atoms with Crippen LogP contribution >= 0.6 is 73.9 Å². The first kappa shape index (κ1) is 45.4. The molecule has 5 rings (SSSR count). The lowest BCUT2D eigenvalue weighted by Crippen LogP contribution is -2.17. The summed E-state index contributed by atoms with van der Waals surface area (Å²) in [5.74, 6) is -2.15. The van der Waals surface area contributed by atoms with Crippen LogP contribution in [-0.4, -0.2) is 46.5 Å². The maximum Gasteiger partial charge on any atom is 0.271 e. The molecule has 0 spiro atoms. The van der Waals surface area contributed by atoms with Crippen LogP contribution < -0.4 is 21.8 Å². The number of hydroxylamine groups is 2. The van der Waals surface area contributed by atoms with Crippen molar-refractivity contribution in [2.45, 2.75) is 0 Å². The van der Waals surface area contributed by atoms with Crippen molar-refractivity contribution in [3.8, 4) is 11.1 Å². The van der Waals surface area contributed by atoms with E-state index in [4.69, 9.17) is 68.4 Å². The number of carbonyl (C=O) groups excluding carboxylic acids is 4. The molecule has 0 saturated carbocycles. The second-order valence-corrected chi connectivity index (χ2v) is 14.1. The molecular formula is C40H28BrCl5N6O6. The monoisotopic (exact) mass is 942 g/mol. The number of benzene rings is 5. The van der Waals surface area contributed by atoms with Crippen molar-refractivity contribution in [3.05, 3.63) is 172 Å². The number of nitrogens with one attached hydrogen (secondary N) is 4. The van der Waals surface area contributed by atoms with Gasteiger partial charge in [-0.2, -0.15) is 10.2 Å². The lowest BCUT2D eigenvalue weighted by molar-refractivity contribution is -0.124. The molecule has 0 bridgehead atoms. The van der Waals surface area contributed by atoms with Crippen LogP contribution in [-0.2, 0) is 9.59 Å². The third-order valence-electron chi connectivity index (χ3n) is 7.48. The van der Waals surface area contributed by atoms with Gasteiger partial charge in [0.15, 0.2) is 0 Å². The van der Waals surface area contributed by atoms with E-state index in [1.807, 2.05) is 48.5 Å². The van der Waals surface area contributed by atoms with Crippen LogP contribution in [0.15, 0.2) is 124 Å². The number of amides is 4. The molecular weight excluding hydrogens is 918 g/mol. The molecule has 296 valence electrons. The van der Waals surface area contributed by atoms with Crippen molar-refractivity contribution < 1.29 is 29.6 Å². The molecule has 6 N–H and O–H groups in total. The van der Waals surface area contributed by atoms with E-state index in [2.05, 4.69) is 37.0 Å². The topological polar surface area (TPSA) is 182 Å². The first-order valence-corrected chi connectivity index (χ1v) is 19.0. The van der Waals surface area contributed by atoms with Gasteiger partial charge >= 0.3 is 0 Å². The number of hydrogen-bond acceptors (Lipinski definition) is 8. The van der Waals surface area contributed by atoms with E-state index in [-0.39, 0.29) is 36.6 Å². The summed E-state index contributed by atoms with van der Waals surface area (Å²) in [5, 5.41) is 24.8. The molecule has 0 atom stereocenters. The molecule has 0 heterocycles. The molecule has 5 aromatic carbocycles. The highest BCUT2D eigenvalue weighted by Gasteiger charge is 2.18. The zero-order chi connectivity index (χ0) is 42.2. The summed E-state index contributed by atoms with van der Waals surface area (Å²) in [6.07, 6.45) is 8.06. The van der Waals surface area contributed by atoms with Gasteiger partial charge in [0.05, 0.1) is 37.5 Å². The first-order chi connectivity index (χ1) is 27.8. The molecule has 4 amide bonds. The average Bonchev–Trinajstić information content (AvgIpc) is 3.25. The number of carbonyl (C=O) groups is 4. The second-order valence-electron chi connectivity index (χ2n) is 11.3. The minimum atomic E-state index is -0.670. The molecule has 12 nitrogen and oxygen atoms in total. The van der Waals surface area contributed by atoms with Gasteiger partial charge in [0.2, 0.25) is 0 Å². The van der Waals surface area contributed by atoms with Crippen molar-refractivity contribution in [2.75, 3.05) is 0 Å². The fourth-order valence-corrected chi connectivity index (χ4v) is 6.43. The van der Waals surface area contributed by atoms with Gasteiger partial charge in [-0.05, 0) is 70.3 Å². The molecule has 0 aromatic heterocycles. The number of halogens is 6. The quantitative estimate of drug-likeness (QED) is 0.0192. The van der Waals surface area contributed by atoms with E-state index >= 15 is 0 Å². The van der Waals surface area contributed by atoms with Gasteiger partial charge in [0.25, 0.3) is 23.6 Å². The number of nitrogens with zero attached hydrogens (tertiary/aromatic N) is 2. The Morgan fingerprint density at radius 2 is 0.983 bits per heavy atom. The third-order valence-corrected chi connectivity index (χ3v) is 10.4. The van der Waals surface area contributed by atoms with Crippen LogP contribution in [0.3, 0.4) is 0 Å². The third kappa shape index (κ3) is 13.1. The van der Waals surface area contributed by atoms with Crippen LogP contribution in [0.4, 0.5) is 0 Å². The molecule has 0 aliphatic heterocycles. The maximum absolute atomic E-state index is 12.2. The minimum Gasteiger partial charge on any atom is -0.288 e. The van der Waals surface area contributed by atoms with E-state index < -0.39 is 17.7 Å². The van der Waals surface area contributed by atoms with Crippen molar-refractivity contribution in [2.24, 2.45) is 10.2 Å². The summed E-state index contributed by atoms with van der Waals surface area (Å²) in [5.41, 5.74) is 13.1. The van der Waals surface area contributed by atoms with Gasteiger partial charge < -0.3 is 0 Å². The Balaban J connectivity index is 0.000000257. The van der Waals surface area contributed by atoms with Crippen LogP contribution in [0.1, 0.15) is 43.0 Å². The summed E-state index contributed by atoms with van der Waals surface area (Å²) in [6, 6.07) is 28.7. The van der Waals surface area contributed by atoms with Gasteiger partial charge in [-0.3, -0.25) is 29.6 Å². The van der Waals surface area contributed by atoms with E-state index in [0.29, 0.717) is 22.3 Å². The fraction of sp³-hybridized carbons (Fsp3) is 0. The van der Waals surface area contributed by atoms with E-state index in [0.717, 1.165) is 27.2 Å². The summed E-state index contributed by atoms with van der Waals surface area (Å²) < 4.78 is 0.933. The summed E-state index contributed by atoms with van der Waals surface area (Å²) in [6.45, 7) is 0. The van der Waals surface area contributed by atoms with E-state index in [1.54, 1.807) is 42.6 Å². The summed E-state index contributed by atoms with van der Waals surface area (Å²) in [7, 11) is 0. The largest absolute Gasteiger partial charge is 0.288 e. The molecule has 0 aliphatic carbocycles. The Hall–Kier alpha value is -5.35. The highest BCUT2D eigenvalue weighted by Crippen LogP contribution is 2.43. The average molecular weight is 946 g/mol. The number of rotatable bonds is 11. The molecule has 0 saturated heterocycles. The molecule has 5 aromatic rings. The van der Waals surface area contributed by atoms with Gasteiger partial charge in [0, 0.05) is 33.3 Å². The Morgan fingerprint density at radius 1 is 0.552 bits per heavy atom. The predicted octanol–water partition coefficient (Wildman–Crippen LogP) is 9.63. The van der Waals surface area contributed by atoms with E-state index in [9.17, 15) is 19.2 Å². The van der Waals surface area contributed by atoms with E-state index in [1.165, 1.54) is 47.5 Å². The SMILES string of the molecule is O=C(/C=C/c1ccc(C(=O)N/N=C/c2c(Cl)c(Cl)c(Cl)c(Cl)c2Cl)cc1)NO.O=C(/C=C/c1ccc(C(=O)N/N=C/c2ccc(-c3ccccc3)c(Br)c2)cc1)NO. The standard InChI is InChI=1S/C23H18BrN3O3.C17H10Cl5N3O3/c24-21-14-17(8-12-20(21)18-4-2-1-3-5-18)15-25-26-23(29)19-10-6-16(7-11-19)9-13-22(28)27-30;18-12-10(13(19)15(21)16(22)14(12)20)7-23-24-17(27)9-4-1-8(2-5-9)3-6-11(26)25-28/h1-15,30H,(H,26,29)(H,27,28);1-7,28H,(H,24,27)(H,25,26)/b13-9+,25-15+;6-3+,23-7+. The number of hydrazone groups is 2. The predicted molar refractivity (Wildman–Crippen MR) is 232 cm³/mol. The Bertz CT molecular complexity index is 2380. The molecule has 18 heteroatoms. The van der Waals surface area contributed by atoms with Gasteiger partial charge in [0.1, 0.15) is 0 Å². The van der Waals surface area contributed by atoms with Crippen molar-refractivity contribution >= 4 is 122 Å². The Labute approximate surface area is 364 Å². The van der Waals surface area contributed by atoms with Crippen LogP contribution in [0, 0.1) is 0 Å². The smallest absolute Gasteiger partial charge is 0.271 e. The summed E-state index contributed by atoms with van der Waals surface area (Å²) >= 11 is 33.6. The molecule has 58 heavy (non-hydrogen) atoms. The number of hydrogen-bond donors (Lipinski definition) is 6. The maximum atomic E-state index is 12.2. The summed E-state index contributed by atoms with van der Waals surface area (Å²) in [4.78, 5) is 46.3. The van der Waals surface area contributed by atoms with Crippen LogP contribution in [0.25, 0.3) is 23.3 Å². The molecule has 0 radical (unpaired) electrons. The van der Waals surface area contributed by atoms with Gasteiger partial charge in [-0.25, -0.2) is 21.8 Å². The lowest BCUT2D eigenvalue weighted by Gasteiger charge is -2.08. The molecule has 0 fully saturated rings. The fourth-order valence-electron chi connectivity index (χ4n) is 4.56. The second kappa shape index (κ2) is 22.6. The van der Waals surface area contributed by atoms with Crippen LogP contribution in [0.2, 0.25) is 25.1 Å². The lowest BCUT2D eigenvalue weighted by atomic mass is 10.0. The zero-order valence-electron chi connectivity index (χ0n) is 29.4. The van der Waals surface area contributed by atoms with Crippen molar-refractivity contribution in [1.29, 1.82) is 0 Å². The first-order valence-electron chi connectivity index (χ1n) is 16.3. The normalized spacial score (nSPS) is 11.1. The zero-order valence-corrected chi connectivity index (χ0v) is 34.8. The highest BCUT2D eigenvalue weighted by atomic mass is 79.9. The Kier molecular flexibility index (Phi) is 17.6. The Morgan fingerprint density at radius 3 is 1.43 bits per heavy atom.